The number of hydrogen-bond acceptors (Lipinski definition) is 11. The third-order valence-corrected chi connectivity index (χ3v) is 17.5. The minimum atomic E-state index is -1.14. The molecule has 0 radical (unpaired) electrons. The van der Waals surface area contributed by atoms with E-state index in [0.717, 1.165) is 87.4 Å². The number of urea groups is 2. The highest BCUT2D eigenvalue weighted by Crippen LogP contribution is 2.33. The molecule has 17 nitrogen and oxygen atoms in total. The Labute approximate surface area is 493 Å². The van der Waals surface area contributed by atoms with E-state index in [1.807, 2.05) is 52.9 Å². The fourth-order valence-corrected chi connectivity index (χ4v) is 12.1. The first-order valence-corrected chi connectivity index (χ1v) is 27.9. The zero-order valence-electron chi connectivity index (χ0n) is 45.7. The lowest BCUT2D eigenvalue weighted by atomic mass is 9.87. The van der Waals surface area contributed by atoms with Gasteiger partial charge in [0.05, 0.1) is 6.04 Å². The standard InChI is InChI=1S/C28H38ClN5O3.C18H34N4O.C10H6ClNO3.2CH4.2H2S/c1-19-4-10-22(11-5-19)33-14-12-24(17-33)32(3)28(36)34-15-13-23(18-34)31(2)27(35)26-16-25(30-37-26)20-6-8-21(29)9-7-20;1-14-4-6-16(7-5-14)21-11-9-17(13-21)20(3)18(23)22-10-8-15(12-22)19-2;11-7-3-1-6(2-4-7)8-5-9(10(13)14)15-12-8;;;;/h6-9,16,19,22-24H,4-5,10-15,17-18H2,1-3H3;14-17,19H,4-13H2,1-3H3;1-5H,(H,13,14);2*1H4;2*1H2/t19?,22?,23-,24+;14?,15-,16?,17+;;;;;/m00...../s1. The molecular formula is C58H90Cl2N10O7S2. The van der Waals surface area contributed by atoms with Crippen molar-refractivity contribution in [1.82, 2.24) is 49.9 Å². The smallest absolute Gasteiger partial charge is 0.374 e. The molecule has 0 unspecified atom stereocenters. The molecule has 6 aliphatic rings. The van der Waals surface area contributed by atoms with E-state index < -0.39 is 5.97 Å². The van der Waals surface area contributed by atoms with Crippen molar-refractivity contribution in [2.24, 2.45) is 11.8 Å². The number of carbonyl (C=O) groups is 4. The van der Waals surface area contributed by atoms with Crippen LogP contribution in [0.4, 0.5) is 9.59 Å². The quantitative estimate of drug-likeness (QED) is 0.154. The maximum Gasteiger partial charge on any atom is 0.374 e. The van der Waals surface area contributed by atoms with E-state index >= 15 is 0 Å². The van der Waals surface area contributed by atoms with Gasteiger partial charge in [-0.2, -0.15) is 27.0 Å². The fraction of sp³-hybridized carbons (Fsp3) is 0.621. The van der Waals surface area contributed by atoms with Crippen LogP contribution in [-0.2, 0) is 0 Å². The summed E-state index contributed by atoms with van der Waals surface area (Å²) >= 11 is 11.7. The number of likely N-dealkylation sites (N-methyl/N-ethyl adjacent to an activating group) is 4. The van der Waals surface area contributed by atoms with Gasteiger partial charge in [0.2, 0.25) is 11.5 Å². The Morgan fingerprint density at radius 2 is 0.949 bits per heavy atom. The number of rotatable bonds is 10. The number of carboxylic acids is 1. The molecule has 4 aromatic rings. The van der Waals surface area contributed by atoms with Gasteiger partial charge in [-0.15, -0.1) is 0 Å². The van der Waals surface area contributed by atoms with Crippen LogP contribution in [0.25, 0.3) is 22.5 Å². The van der Waals surface area contributed by atoms with Crippen molar-refractivity contribution in [2.45, 2.75) is 142 Å². The molecule has 2 saturated carbocycles. The van der Waals surface area contributed by atoms with Crippen LogP contribution in [0.1, 0.15) is 127 Å². The number of hydrogen-bond donors (Lipinski definition) is 2. The van der Waals surface area contributed by atoms with Crippen LogP contribution in [0.15, 0.2) is 69.7 Å². The van der Waals surface area contributed by atoms with Gasteiger partial charge < -0.3 is 44.0 Å². The summed E-state index contributed by atoms with van der Waals surface area (Å²) in [6, 6.07) is 20.0. The summed E-state index contributed by atoms with van der Waals surface area (Å²) in [6.07, 6.45) is 14.6. The van der Waals surface area contributed by atoms with Crippen LogP contribution in [0.3, 0.4) is 0 Å². The van der Waals surface area contributed by atoms with Crippen LogP contribution in [-0.4, -0.2) is 190 Å². The van der Waals surface area contributed by atoms with Crippen molar-refractivity contribution in [1.29, 1.82) is 0 Å². The minimum Gasteiger partial charge on any atom is -0.475 e. The SMILES string of the molecule is C.C.CC1CCC(N2CC[C@@H](N(C)C(=O)N3CC[C@H](N(C)C(=O)c4cc(-c5ccc(Cl)cc5)no4)C3)C2)CC1.CN[C@H]1CCN(C(=O)N(C)[C@@H]2CCN(C3CCC(C)CC3)C2)C1.O=C(O)c1cc(-c2ccc(Cl)cc2)no1.S.S. The Morgan fingerprint density at radius 1 is 0.557 bits per heavy atom. The van der Waals surface area contributed by atoms with Gasteiger partial charge in [0, 0.05) is 137 Å². The number of nitrogens with zero attached hydrogens (tertiary/aromatic N) is 9. The normalized spacial score (nSPS) is 24.7. The number of carbonyl (C=O) groups excluding carboxylic acids is 3. The van der Waals surface area contributed by atoms with Crippen LogP contribution >= 0.6 is 50.2 Å². The maximum absolute atomic E-state index is 13.3. The van der Waals surface area contributed by atoms with E-state index in [2.05, 4.69) is 43.8 Å². The van der Waals surface area contributed by atoms with Crippen molar-refractivity contribution in [3.63, 3.8) is 0 Å². The third-order valence-electron chi connectivity index (χ3n) is 17.0. The van der Waals surface area contributed by atoms with Gasteiger partial charge in [-0.25, -0.2) is 14.4 Å². The first-order chi connectivity index (χ1) is 36.0. The summed E-state index contributed by atoms with van der Waals surface area (Å²) in [5.74, 6) is 0.402. The van der Waals surface area contributed by atoms with Crippen molar-refractivity contribution >= 4 is 74.1 Å². The van der Waals surface area contributed by atoms with Crippen molar-refractivity contribution in [3.8, 4) is 22.5 Å². The molecule has 2 aromatic carbocycles. The molecule has 4 saturated heterocycles. The van der Waals surface area contributed by atoms with E-state index in [1.165, 1.54) is 64.0 Å². The van der Waals surface area contributed by atoms with E-state index in [0.29, 0.717) is 52.6 Å². The molecule has 2 aliphatic carbocycles. The molecule has 440 valence electrons. The average Bonchev–Trinajstić information content (AvgIpc) is 4.30. The minimum absolute atomic E-state index is 0. The summed E-state index contributed by atoms with van der Waals surface area (Å²) in [5, 5.41) is 20.9. The monoisotopic (exact) mass is 1170 g/mol. The van der Waals surface area contributed by atoms with Crippen molar-refractivity contribution in [3.05, 3.63) is 82.2 Å². The molecule has 79 heavy (non-hydrogen) atoms. The fourth-order valence-electron chi connectivity index (χ4n) is 11.8. The number of aromatic nitrogens is 2. The Bertz CT molecular complexity index is 2520. The number of halogens is 2. The lowest BCUT2D eigenvalue weighted by Gasteiger charge is -2.34. The summed E-state index contributed by atoms with van der Waals surface area (Å²) < 4.78 is 10.00. The second-order valence-electron chi connectivity index (χ2n) is 22.0. The largest absolute Gasteiger partial charge is 0.475 e. The number of amides is 5. The van der Waals surface area contributed by atoms with Gasteiger partial charge >= 0.3 is 18.0 Å². The molecule has 0 spiro atoms. The lowest BCUT2D eigenvalue weighted by molar-refractivity contribution is 0.0650. The number of aromatic carboxylic acids is 1. The molecule has 2 aromatic heterocycles. The molecule has 6 fully saturated rings. The van der Waals surface area contributed by atoms with E-state index in [-0.39, 0.29) is 83.4 Å². The van der Waals surface area contributed by atoms with Crippen molar-refractivity contribution in [2.75, 3.05) is 80.5 Å². The molecule has 5 amide bonds. The van der Waals surface area contributed by atoms with Crippen LogP contribution in [0.2, 0.25) is 10.0 Å². The summed E-state index contributed by atoms with van der Waals surface area (Å²) in [6.45, 7) is 12.0. The van der Waals surface area contributed by atoms with E-state index in [9.17, 15) is 19.2 Å². The van der Waals surface area contributed by atoms with Gasteiger partial charge in [-0.1, -0.05) is 86.5 Å². The van der Waals surface area contributed by atoms with Crippen molar-refractivity contribution < 1.29 is 33.3 Å². The summed E-state index contributed by atoms with van der Waals surface area (Å²) in [7, 11) is 7.71. The zero-order chi connectivity index (χ0) is 53.3. The first kappa shape index (κ1) is 67.0. The average molecular weight is 1170 g/mol. The van der Waals surface area contributed by atoms with Crippen LogP contribution in [0, 0.1) is 11.8 Å². The molecule has 21 heteroatoms. The molecule has 4 aliphatic heterocycles. The predicted molar refractivity (Wildman–Crippen MR) is 325 cm³/mol. The first-order valence-electron chi connectivity index (χ1n) is 27.2. The Balaban J connectivity index is 0.000000274. The zero-order valence-corrected chi connectivity index (χ0v) is 49.2. The topological polar surface area (TPSA) is 175 Å². The van der Waals surface area contributed by atoms with Gasteiger partial charge in [0.15, 0.2) is 0 Å². The second kappa shape index (κ2) is 31.1. The molecule has 2 N–H and O–H groups in total. The second-order valence-corrected chi connectivity index (χ2v) is 22.9. The molecule has 0 bridgehead atoms. The van der Waals surface area contributed by atoms with Crippen LogP contribution < -0.4 is 5.32 Å². The Hall–Kier alpha value is -4.50. The van der Waals surface area contributed by atoms with Gasteiger partial charge in [-0.05, 0) is 120 Å². The summed E-state index contributed by atoms with van der Waals surface area (Å²) in [4.78, 5) is 64.5. The Morgan fingerprint density at radius 3 is 1.37 bits per heavy atom. The maximum atomic E-state index is 13.3. The van der Waals surface area contributed by atoms with Gasteiger partial charge in [0.25, 0.3) is 5.91 Å². The highest BCUT2D eigenvalue weighted by molar-refractivity contribution is 7.59. The number of carboxylic acid groups (broad SMARTS) is 1. The molecular weight excluding hydrogens is 1080 g/mol. The van der Waals surface area contributed by atoms with E-state index in [4.69, 9.17) is 32.8 Å². The molecule has 4 atom stereocenters. The lowest BCUT2D eigenvalue weighted by Crippen LogP contribution is -2.48. The molecule has 10 rings (SSSR count). The third kappa shape index (κ3) is 17.3. The predicted octanol–water partition coefficient (Wildman–Crippen LogP) is 11.0. The van der Waals surface area contributed by atoms with Crippen LogP contribution in [0.5, 0.6) is 0 Å². The highest BCUT2D eigenvalue weighted by Gasteiger charge is 2.39. The number of likely N-dealkylation sites (tertiary alicyclic amines) is 4. The Kier molecular flexibility index (Phi) is 26.4. The highest BCUT2D eigenvalue weighted by atomic mass is 35.5. The molecule has 6 heterocycles. The van der Waals surface area contributed by atoms with Gasteiger partial charge in [0.1, 0.15) is 11.4 Å². The van der Waals surface area contributed by atoms with Gasteiger partial charge in [-0.3, -0.25) is 14.6 Å². The number of nitrogens with one attached hydrogen (secondary N) is 1. The summed E-state index contributed by atoms with van der Waals surface area (Å²) in [5.41, 5.74) is 2.66. The number of benzene rings is 2. The van der Waals surface area contributed by atoms with E-state index in [1.54, 1.807) is 54.4 Å².